The van der Waals surface area contributed by atoms with Crippen LogP contribution in [0.4, 0.5) is 0 Å². The molecule has 0 amide bonds. The van der Waals surface area contributed by atoms with E-state index in [1.54, 1.807) is 0 Å². The maximum Gasteiger partial charge on any atom is 0.0464 e. The molecule has 0 spiro atoms. The molecule has 2 rings (SSSR count). The van der Waals surface area contributed by atoms with Crippen molar-refractivity contribution in [2.75, 3.05) is 6.61 Å². The molecular weight excluding hydrogens is 196 g/mol. The molecule has 0 saturated heterocycles. The molecule has 0 aromatic carbocycles. The zero-order chi connectivity index (χ0) is 12.2. The number of aliphatic hydroxyl groups excluding tert-OH is 1. The Hall–Kier alpha value is -0.300. The molecule has 92 valence electrons. The third-order valence-electron chi connectivity index (χ3n) is 5.30. The van der Waals surface area contributed by atoms with Crippen LogP contribution in [0.5, 0.6) is 0 Å². The van der Waals surface area contributed by atoms with Crippen LogP contribution in [0.2, 0.25) is 0 Å². The van der Waals surface area contributed by atoms with Crippen molar-refractivity contribution in [2.45, 2.75) is 47.5 Å². The Kier molecular flexibility index (Phi) is 2.55. The van der Waals surface area contributed by atoms with Crippen LogP contribution < -0.4 is 0 Å². The monoisotopic (exact) mass is 222 g/mol. The highest BCUT2D eigenvalue weighted by atomic mass is 16.3. The van der Waals surface area contributed by atoms with Gasteiger partial charge in [0.2, 0.25) is 0 Å². The number of hydrogen-bond donors (Lipinski definition) is 1. The fourth-order valence-electron chi connectivity index (χ4n) is 5.16. The van der Waals surface area contributed by atoms with Crippen molar-refractivity contribution in [3.05, 3.63) is 12.2 Å². The predicted molar refractivity (Wildman–Crippen MR) is 68.1 cm³/mol. The average molecular weight is 222 g/mol. The zero-order valence-corrected chi connectivity index (χ0v) is 11.4. The van der Waals surface area contributed by atoms with Crippen molar-refractivity contribution in [1.82, 2.24) is 0 Å². The smallest absolute Gasteiger partial charge is 0.0464 e. The molecule has 1 unspecified atom stereocenters. The fraction of sp³-hybridized carbons (Fsp3) is 0.867. The first-order valence-electron chi connectivity index (χ1n) is 6.52. The second-order valence-corrected chi connectivity index (χ2v) is 7.42. The van der Waals surface area contributed by atoms with Gasteiger partial charge in [0.1, 0.15) is 0 Å². The molecule has 0 bridgehead atoms. The maximum absolute atomic E-state index is 9.61. The molecule has 2 aliphatic carbocycles. The van der Waals surface area contributed by atoms with Gasteiger partial charge < -0.3 is 5.11 Å². The Balaban J connectivity index is 2.46. The summed E-state index contributed by atoms with van der Waals surface area (Å²) < 4.78 is 0. The van der Waals surface area contributed by atoms with E-state index in [1.807, 2.05) is 0 Å². The number of fused-ring (bicyclic) bond motifs is 1. The highest BCUT2D eigenvalue weighted by molar-refractivity contribution is 5.18. The summed E-state index contributed by atoms with van der Waals surface area (Å²) in [5.74, 6) is 1.14. The lowest BCUT2D eigenvalue weighted by Crippen LogP contribution is -2.43. The van der Waals surface area contributed by atoms with Crippen LogP contribution in [0.1, 0.15) is 47.5 Å². The van der Waals surface area contributed by atoms with Crippen molar-refractivity contribution in [3.63, 3.8) is 0 Å². The van der Waals surface area contributed by atoms with Gasteiger partial charge in [-0.05, 0) is 40.9 Å². The van der Waals surface area contributed by atoms with Crippen LogP contribution in [0.3, 0.4) is 0 Å². The minimum absolute atomic E-state index is 0.248. The van der Waals surface area contributed by atoms with E-state index in [1.165, 1.54) is 12.8 Å². The Bertz CT molecular complexity index is 313. The Labute approximate surface area is 99.9 Å². The van der Waals surface area contributed by atoms with E-state index in [-0.39, 0.29) is 10.8 Å². The molecule has 0 radical (unpaired) electrons. The summed E-state index contributed by atoms with van der Waals surface area (Å²) in [6.45, 7) is 12.2. The van der Waals surface area contributed by atoms with E-state index in [0.29, 0.717) is 23.9 Å². The van der Waals surface area contributed by atoms with Gasteiger partial charge in [0.15, 0.2) is 0 Å². The Morgan fingerprint density at radius 3 is 2.31 bits per heavy atom. The molecule has 1 N–H and O–H groups in total. The van der Waals surface area contributed by atoms with Crippen molar-refractivity contribution in [2.24, 2.45) is 28.1 Å². The molecular formula is C15H26O. The Morgan fingerprint density at radius 1 is 1.19 bits per heavy atom. The van der Waals surface area contributed by atoms with Gasteiger partial charge in [-0.2, -0.15) is 0 Å². The molecule has 1 saturated carbocycles. The van der Waals surface area contributed by atoms with Crippen molar-refractivity contribution >= 4 is 0 Å². The highest BCUT2D eigenvalue weighted by Crippen LogP contribution is 2.66. The largest absolute Gasteiger partial charge is 0.396 e. The summed E-state index contributed by atoms with van der Waals surface area (Å²) >= 11 is 0. The highest BCUT2D eigenvalue weighted by Gasteiger charge is 2.59. The molecule has 1 heteroatoms. The second kappa shape index (κ2) is 3.35. The van der Waals surface area contributed by atoms with E-state index < -0.39 is 0 Å². The van der Waals surface area contributed by atoms with Crippen LogP contribution in [0.25, 0.3) is 0 Å². The molecule has 1 nitrogen and oxygen atoms in total. The number of aliphatic hydroxyl groups is 1. The quantitative estimate of drug-likeness (QED) is 0.672. The van der Waals surface area contributed by atoms with E-state index in [9.17, 15) is 5.11 Å². The number of rotatable bonds is 1. The van der Waals surface area contributed by atoms with Gasteiger partial charge in [0.05, 0.1) is 0 Å². The molecule has 0 aliphatic heterocycles. The number of allylic oxidation sites excluding steroid dienone is 2. The van der Waals surface area contributed by atoms with Crippen LogP contribution in [-0.4, -0.2) is 11.7 Å². The van der Waals surface area contributed by atoms with Crippen LogP contribution in [-0.2, 0) is 0 Å². The van der Waals surface area contributed by atoms with E-state index in [4.69, 9.17) is 0 Å². The van der Waals surface area contributed by atoms with Gasteiger partial charge in [-0.3, -0.25) is 0 Å². The minimum atomic E-state index is 0.248. The van der Waals surface area contributed by atoms with Gasteiger partial charge in [0, 0.05) is 6.61 Å². The zero-order valence-electron chi connectivity index (χ0n) is 11.4. The van der Waals surface area contributed by atoms with Gasteiger partial charge in [-0.1, -0.05) is 46.8 Å². The normalized spacial score (nSPS) is 44.4. The topological polar surface area (TPSA) is 20.2 Å². The molecule has 1 fully saturated rings. The lowest BCUT2D eigenvalue weighted by atomic mass is 9.55. The first kappa shape index (κ1) is 12.2. The van der Waals surface area contributed by atoms with Crippen LogP contribution >= 0.6 is 0 Å². The second-order valence-electron chi connectivity index (χ2n) is 7.42. The SMILES string of the molecule is CC1(C)C=CC[C@@]2(C)CC(CO)C(C)(C)[C@H]12. The van der Waals surface area contributed by atoms with Gasteiger partial charge in [0.25, 0.3) is 0 Å². The van der Waals surface area contributed by atoms with Gasteiger partial charge in [-0.25, -0.2) is 0 Å². The van der Waals surface area contributed by atoms with Crippen LogP contribution in [0.15, 0.2) is 12.2 Å². The lowest BCUT2D eigenvalue weighted by Gasteiger charge is -2.49. The van der Waals surface area contributed by atoms with E-state index >= 15 is 0 Å². The van der Waals surface area contributed by atoms with Crippen molar-refractivity contribution in [3.8, 4) is 0 Å². The Morgan fingerprint density at radius 2 is 1.81 bits per heavy atom. The summed E-state index contributed by atoms with van der Waals surface area (Å²) in [6.07, 6.45) is 7.10. The fourth-order valence-corrected chi connectivity index (χ4v) is 5.16. The summed E-state index contributed by atoms with van der Waals surface area (Å²) in [4.78, 5) is 0. The van der Waals surface area contributed by atoms with Crippen LogP contribution in [0, 0.1) is 28.1 Å². The van der Waals surface area contributed by atoms with Gasteiger partial charge in [-0.15, -0.1) is 0 Å². The lowest BCUT2D eigenvalue weighted by molar-refractivity contribution is 0.0212. The maximum atomic E-state index is 9.61. The van der Waals surface area contributed by atoms with Crippen molar-refractivity contribution in [1.29, 1.82) is 0 Å². The van der Waals surface area contributed by atoms with E-state index in [2.05, 4.69) is 46.8 Å². The average Bonchev–Trinajstić information content (AvgIpc) is 2.32. The first-order valence-corrected chi connectivity index (χ1v) is 6.52. The number of hydrogen-bond acceptors (Lipinski definition) is 1. The molecule has 0 aromatic rings. The third-order valence-corrected chi connectivity index (χ3v) is 5.30. The molecule has 0 aromatic heterocycles. The predicted octanol–water partition coefficient (Wildman–Crippen LogP) is 3.63. The standard InChI is InChI=1S/C15H26O/c1-13(2)7-6-8-15(5)9-11(10-16)14(3,4)12(13)15/h6-7,11-12,16H,8-10H2,1-5H3/t11?,12-,15-/m0/s1. The minimum Gasteiger partial charge on any atom is -0.396 e. The first-order chi connectivity index (χ1) is 7.24. The van der Waals surface area contributed by atoms with E-state index in [0.717, 1.165) is 0 Å². The summed E-state index contributed by atoms with van der Waals surface area (Å²) in [5, 5.41) is 9.61. The molecule has 2 aliphatic rings. The molecule has 3 atom stereocenters. The third kappa shape index (κ3) is 1.48. The van der Waals surface area contributed by atoms with Gasteiger partial charge >= 0.3 is 0 Å². The summed E-state index contributed by atoms with van der Waals surface area (Å²) in [6, 6.07) is 0. The molecule has 16 heavy (non-hydrogen) atoms. The molecule has 0 heterocycles. The van der Waals surface area contributed by atoms with Crippen molar-refractivity contribution < 1.29 is 5.11 Å². The summed E-state index contributed by atoms with van der Waals surface area (Å²) in [7, 11) is 0. The summed E-state index contributed by atoms with van der Waals surface area (Å²) in [5.41, 5.74) is 0.896.